The Morgan fingerprint density at radius 1 is 0.284 bits per heavy atom. The summed E-state index contributed by atoms with van der Waals surface area (Å²) in [4.78, 5) is 38.5. The molecule has 0 bridgehead atoms. The normalized spacial score (nSPS) is 10.4. The van der Waals surface area contributed by atoms with Crippen LogP contribution in [0.25, 0.3) is 0 Å². The van der Waals surface area contributed by atoms with Gasteiger partial charge in [-0.3, -0.25) is 13.7 Å². The number of nitrogen functional groups attached to an aromatic ring is 4. The van der Waals surface area contributed by atoms with Gasteiger partial charge in [-0.1, -0.05) is 0 Å². The van der Waals surface area contributed by atoms with Crippen LogP contribution in [0.2, 0.25) is 0 Å². The van der Waals surface area contributed by atoms with Crippen LogP contribution in [0.1, 0.15) is 50.1 Å². The van der Waals surface area contributed by atoms with Crippen LogP contribution in [0, 0.1) is 0 Å². The van der Waals surface area contributed by atoms with Crippen molar-refractivity contribution in [3.63, 3.8) is 0 Å². The highest BCUT2D eigenvalue weighted by Gasteiger charge is 2.17. The second-order valence-corrected chi connectivity index (χ2v) is 31.7. The highest BCUT2D eigenvalue weighted by Crippen LogP contribution is 2.19. The molecule has 0 aliphatic rings. The van der Waals surface area contributed by atoms with Crippen LogP contribution in [0.4, 0.5) is 107 Å². The van der Waals surface area contributed by atoms with Crippen molar-refractivity contribution in [1.29, 1.82) is 0 Å². The van der Waals surface area contributed by atoms with E-state index >= 15 is 0 Å². The summed E-state index contributed by atoms with van der Waals surface area (Å²) in [5.41, 5.74) is 32.4. The predicted octanol–water partition coefficient (Wildman–Crippen LogP) is 8.21. The molecule has 756 valence electrons. The summed E-state index contributed by atoms with van der Waals surface area (Å²) in [6.07, 6.45) is 38.8. The molecule has 0 spiro atoms. The van der Waals surface area contributed by atoms with Crippen molar-refractivity contribution in [2.75, 3.05) is 238 Å². The van der Waals surface area contributed by atoms with E-state index in [0.29, 0.717) is 83.3 Å². The molecule has 0 aliphatic carbocycles. The highest BCUT2D eigenvalue weighted by atomic mass is 16.3. The first-order valence-electron chi connectivity index (χ1n) is 44.6. The van der Waals surface area contributed by atoms with E-state index in [-0.39, 0.29) is 0 Å². The number of furan rings is 9. The summed E-state index contributed by atoms with van der Waals surface area (Å²) in [5, 5.41) is 85.5. The molecule has 21 N–H and O–H groups in total. The number of nitrogens with two attached hydrogens (primary N) is 4. The Hall–Kier alpha value is -17.8. The third-order valence-electron chi connectivity index (χ3n) is 20.2. The zero-order chi connectivity index (χ0) is 100. The summed E-state index contributed by atoms with van der Waals surface area (Å²) in [6, 6.07) is 17.6. The van der Waals surface area contributed by atoms with E-state index in [1.54, 1.807) is 136 Å². The van der Waals surface area contributed by atoms with Crippen molar-refractivity contribution in [3.05, 3.63) is 217 Å². The quantitative estimate of drug-likeness (QED) is 0.0171. The second-order valence-electron chi connectivity index (χ2n) is 31.7. The molecule has 18 rings (SSSR count). The number of hydrogen-bond acceptors (Lipinski definition) is 45. The summed E-state index contributed by atoms with van der Waals surface area (Å²) in [5.74, 6) is 11.1. The van der Waals surface area contributed by atoms with Crippen LogP contribution in [0.5, 0.6) is 0 Å². The molecule has 141 heavy (non-hydrogen) atoms. The molecule has 18 aromatic rings. The van der Waals surface area contributed by atoms with Crippen LogP contribution in [-0.2, 0) is 78.9 Å². The molecule has 0 saturated carbocycles. The molecule has 0 amide bonds. The molecule has 54 nitrogen and oxygen atoms in total. The van der Waals surface area contributed by atoms with Gasteiger partial charge in [-0.2, -0.15) is 29.9 Å². The third-order valence-corrected chi connectivity index (χ3v) is 20.2. The number of nitrogens with one attached hydrogen (secondary N) is 13. The lowest BCUT2D eigenvalue weighted by molar-refractivity contribution is 0.563. The maximum absolute atomic E-state index is 5.62. The highest BCUT2D eigenvalue weighted by molar-refractivity contribution is 5.43. The van der Waals surface area contributed by atoms with Gasteiger partial charge in [-0.25, -0.2) is 30.6 Å². The van der Waals surface area contributed by atoms with E-state index < -0.39 is 0 Å². The summed E-state index contributed by atoms with van der Waals surface area (Å²) in [6.45, 7) is 7.27. The number of aromatic nitrogens is 27. The van der Waals surface area contributed by atoms with Gasteiger partial charge in [0.1, 0.15) is 0 Å². The van der Waals surface area contributed by atoms with Crippen LogP contribution in [-0.4, -0.2) is 279 Å². The number of likely N-dealkylation sites (N-methyl/N-ethyl adjacent to an activating group) is 4. The van der Waals surface area contributed by atoms with Crippen molar-refractivity contribution in [2.45, 2.75) is 57.8 Å². The Morgan fingerprint density at radius 3 is 0.972 bits per heavy atom. The largest absolute Gasteiger partial charge is 0.472 e. The van der Waals surface area contributed by atoms with Gasteiger partial charge < -0.3 is 134 Å². The van der Waals surface area contributed by atoms with Gasteiger partial charge in [-0.05, 0) is 162 Å². The molecular formula is C87H129N45O9. The van der Waals surface area contributed by atoms with Gasteiger partial charge in [0, 0.05) is 165 Å². The predicted molar refractivity (Wildman–Crippen MR) is 538 cm³/mol. The van der Waals surface area contributed by atoms with Crippen molar-refractivity contribution in [1.82, 2.24) is 135 Å². The summed E-state index contributed by atoms with van der Waals surface area (Å²) < 4.78 is 50.3. The molecule has 0 radical (unpaired) electrons. The zero-order valence-corrected chi connectivity index (χ0v) is 81.8. The fourth-order valence-electron chi connectivity index (χ4n) is 12.1. The SMILES string of the molecule is CN(C)c1n[nH]c(N(C)CCc2ccoc2)n1.CN(C)c1n[nH]c(NCCc2ccoc2)n1.CN(C)c1nnc(NCCc2ccoc2)n1C.CN(CCc1ccoc1)c1n[nH]c(N)n1.CN(CCc1ccoc1)c1nnc(N)n1C.CNc1n[nH]c(NCCc2ccoc2)n1.CNc1nc(N(C)CCc2ccoc2)n[nH]1.Cn1c(N)nnc1NCCc1ccoc1.Nc1nc(NCCc2ccoc2)n[nH]1. The van der Waals surface area contributed by atoms with Gasteiger partial charge in [0.25, 0.3) is 0 Å². The third kappa shape index (κ3) is 36.4. The minimum atomic E-state index is 0.316. The van der Waals surface area contributed by atoms with Crippen molar-refractivity contribution in [2.24, 2.45) is 21.1 Å². The van der Waals surface area contributed by atoms with E-state index in [1.165, 1.54) is 27.8 Å². The number of aromatic amines is 6. The van der Waals surface area contributed by atoms with Crippen LogP contribution in [0.3, 0.4) is 0 Å². The molecule has 18 aromatic heterocycles. The van der Waals surface area contributed by atoms with E-state index in [1.807, 2.05) is 185 Å². The molecule has 0 atom stereocenters. The Balaban J connectivity index is 0.000000163. The molecule has 54 heteroatoms. The fraction of sp³-hybridized carbons (Fsp3) is 0.379. The van der Waals surface area contributed by atoms with Gasteiger partial charge in [0.2, 0.25) is 107 Å². The van der Waals surface area contributed by atoms with Gasteiger partial charge in [0.15, 0.2) is 0 Å². The summed E-state index contributed by atoms with van der Waals surface area (Å²) >= 11 is 0. The lowest BCUT2D eigenvalue weighted by Crippen LogP contribution is -2.23. The van der Waals surface area contributed by atoms with E-state index in [9.17, 15) is 0 Å². The fourth-order valence-corrected chi connectivity index (χ4v) is 12.1. The minimum Gasteiger partial charge on any atom is -0.472 e. The monoisotopic (exact) mass is 1950 g/mol. The van der Waals surface area contributed by atoms with Crippen LogP contribution >= 0.6 is 0 Å². The van der Waals surface area contributed by atoms with Crippen LogP contribution < -0.4 is 94.5 Å². The lowest BCUT2D eigenvalue weighted by Gasteiger charge is -2.16. The number of nitrogens with zero attached hydrogens (tertiary/aromatic N) is 28. The van der Waals surface area contributed by atoms with Gasteiger partial charge in [0.05, 0.1) is 113 Å². The Bertz CT molecular complexity index is 6160. The number of anilines is 18. The Kier molecular flexibility index (Phi) is 42.2. The zero-order valence-electron chi connectivity index (χ0n) is 81.8. The summed E-state index contributed by atoms with van der Waals surface area (Å²) in [7, 11) is 28.5. The average molecular weight is 1950 g/mol. The number of H-pyrrole nitrogens is 6. The molecule has 0 fully saturated rings. The average Bonchev–Trinajstić information content (AvgIpc) is 1.70. The lowest BCUT2D eigenvalue weighted by atomic mass is 10.2. The smallest absolute Gasteiger partial charge is 0.246 e. The van der Waals surface area contributed by atoms with Crippen molar-refractivity contribution >= 4 is 107 Å². The van der Waals surface area contributed by atoms with E-state index in [2.05, 4.69) is 159 Å². The maximum atomic E-state index is 5.62. The first kappa shape index (κ1) is 105. The first-order chi connectivity index (χ1) is 68.3. The molecule has 0 saturated heterocycles. The Labute approximate surface area is 812 Å². The number of hydrogen-bond donors (Lipinski definition) is 17. The van der Waals surface area contributed by atoms with Crippen molar-refractivity contribution < 1.29 is 39.8 Å². The molecule has 0 aromatic carbocycles. The Morgan fingerprint density at radius 2 is 0.617 bits per heavy atom. The topological polar surface area (TPSA) is 671 Å². The van der Waals surface area contributed by atoms with Crippen LogP contribution in [0.15, 0.2) is 207 Å². The maximum Gasteiger partial charge on any atom is 0.246 e. The second kappa shape index (κ2) is 56.5. The molecule has 0 unspecified atom stereocenters. The van der Waals surface area contributed by atoms with E-state index in [0.717, 1.165) is 163 Å². The van der Waals surface area contributed by atoms with Gasteiger partial charge in [-0.15, -0.1) is 61.2 Å². The minimum absolute atomic E-state index is 0.316. The molecule has 18 heterocycles. The van der Waals surface area contributed by atoms with Gasteiger partial charge >= 0.3 is 0 Å². The number of rotatable bonds is 41. The van der Waals surface area contributed by atoms with E-state index in [4.69, 9.17) is 62.7 Å². The standard InChI is InChI=1S/2C11H17N5O.3C10H15N5O.3C9H13N5O.C8H11N5O/c1-15(2)10-12-11(14-13-10)16(3)6-4-9-5-7-17-8-9;1-15(2)11-14-13-10(16(11)3)12-6-4-9-5-7-17-8-9;1-14(5-3-8-4-6-16-7-8)10-13-12-9(11)15(10)2;1-15(2)10-12-9(13-14-10)11-5-3-8-4-6-16-7-8;1-11-9-12-10(14-13-9)15(2)5-3-8-4-6-16-7-8;1-14(9-11-8(10)12-13-9)4-2-7-3-5-15-6-7;1-14-8(10)12-13-9(14)11-4-2-7-3-5-15-6-7;1-10-8-12-9(14-13-8)11-4-2-7-3-5-15-6-7;9-7-11-8(13-12-7)10-3-1-6-2-4-14-5-6/h5,7-8H,4,6H2,1-3H3,(H,12,13,14);5,7-8H,4,6H2,1-3H3,(H,12,13);4,6-7H,3,5H2,1-2H3,(H2,11,12);2*4,6-7H,3,5H2,1-2H3,(H2,11,12,13,14);3,5-6H,2,4H2,1H3,(H3,10,11,12,13);3,5-6H,2,4H2,1H3,(H2,10,12)(H,11,13);3,5-6H,2,4H2,1H3,(H3,10,11,12,13,14);2,4-5H,1,3H2,(H4,9,10,11,12,13). The molecule has 0 aliphatic heterocycles. The first-order valence-corrected chi connectivity index (χ1v) is 44.6. The van der Waals surface area contributed by atoms with Crippen molar-refractivity contribution in [3.8, 4) is 0 Å². The molecular weight excluding hydrogens is 1820 g/mol.